The predicted octanol–water partition coefficient (Wildman–Crippen LogP) is 5.83. The van der Waals surface area contributed by atoms with Crippen molar-refractivity contribution >= 4 is 56.5 Å². The lowest BCUT2D eigenvalue weighted by atomic mass is 10.2. The number of hydrogen-bond donors (Lipinski definition) is 2. The van der Waals surface area contributed by atoms with Crippen LogP contribution in [-0.4, -0.2) is 27.0 Å². The van der Waals surface area contributed by atoms with Gasteiger partial charge in [0.2, 0.25) is 11.8 Å². The molecule has 0 aliphatic heterocycles. The van der Waals surface area contributed by atoms with E-state index in [4.69, 9.17) is 0 Å². The van der Waals surface area contributed by atoms with E-state index in [0.29, 0.717) is 17.8 Å². The Kier molecular flexibility index (Phi) is 6.82. The number of rotatable bonds is 7. The predicted molar refractivity (Wildman–Crippen MR) is 132 cm³/mol. The van der Waals surface area contributed by atoms with Gasteiger partial charge in [0.05, 0.1) is 5.25 Å². The highest BCUT2D eigenvalue weighted by atomic mass is 32.2. The summed E-state index contributed by atoms with van der Waals surface area (Å²) in [6.45, 7) is 3.44. The molecule has 0 saturated carbocycles. The van der Waals surface area contributed by atoms with Crippen LogP contribution in [0.2, 0.25) is 0 Å². The second-order valence-electron chi connectivity index (χ2n) is 7.14. The SMILES string of the molecule is CCC(Sc1ncnc2sc(-c3ccccc3)cc12)C(=O)Nc1ccc(NC(C)=O)cc1. The molecule has 8 heteroatoms. The number of hydrogen-bond acceptors (Lipinski definition) is 6. The van der Waals surface area contributed by atoms with Crippen molar-refractivity contribution in [2.45, 2.75) is 30.5 Å². The van der Waals surface area contributed by atoms with Crippen molar-refractivity contribution in [3.05, 3.63) is 67.0 Å². The minimum atomic E-state index is -0.303. The molecule has 0 aliphatic rings. The number of carbonyl (C=O) groups is 2. The fourth-order valence-corrected chi connectivity index (χ4v) is 5.25. The van der Waals surface area contributed by atoms with E-state index >= 15 is 0 Å². The largest absolute Gasteiger partial charge is 0.326 e. The number of nitrogens with zero attached hydrogens (tertiary/aromatic N) is 2. The van der Waals surface area contributed by atoms with Crippen molar-refractivity contribution in [3.63, 3.8) is 0 Å². The van der Waals surface area contributed by atoms with Gasteiger partial charge in [-0.2, -0.15) is 0 Å². The van der Waals surface area contributed by atoms with E-state index in [1.807, 2.05) is 25.1 Å². The Morgan fingerprint density at radius 2 is 1.69 bits per heavy atom. The summed E-state index contributed by atoms with van der Waals surface area (Å²) in [6, 6.07) is 19.3. The molecule has 2 aromatic carbocycles. The topological polar surface area (TPSA) is 84.0 Å². The zero-order chi connectivity index (χ0) is 22.5. The van der Waals surface area contributed by atoms with Crippen molar-refractivity contribution in [1.82, 2.24) is 9.97 Å². The number of thiophene rings is 1. The summed E-state index contributed by atoms with van der Waals surface area (Å²) in [4.78, 5) is 35.0. The van der Waals surface area contributed by atoms with E-state index in [1.54, 1.807) is 41.9 Å². The summed E-state index contributed by atoms with van der Waals surface area (Å²) in [5, 5.41) is 7.14. The quantitative estimate of drug-likeness (QED) is 0.267. The Balaban J connectivity index is 1.51. The summed E-state index contributed by atoms with van der Waals surface area (Å²) in [5.74, 6) is -0.223. The number of nitrogens with one attached hydrogen (secondary N) is 2. The van der Waals surface area contributed by atoms with Crippen LogP contribution in [0.25, 0.3) is 20.7 Å². The zero-order valence-corrected chi connectivity index (χ0v) is 19.3. The third-order valence-corrected chi connectivity index (χ3v) is 7.21. The number of aromatic nitrogens is 2. The highest BCUT2D eigenvalue weighted by molar-refractivity contribution is 8.00. The maximum Gasteiger partial charge on any atom is 0.237 e. The first-order chi connectivity index (χ1) is 15.5. The lowest BCUT2D eigenvalue weighted by Gasteiger charge is -2.15. The highest BCUT2D eigenvalue weighted by Crippen LogP contribution is 2.37. The Hall–Kier alpha value is -3.23. The second-order valence-corrected chi connectivity index (χ2v) is 9.36. The number of amides is 2. The molecule has 0 fully saturated rings. The van der Waals surface area contributed by atoms with Gasteiger partial charge in [0.15, 0.2) is 0 Å². The van der Waals surface area contributed by atoms with Crippen LogP contribution in [0.3, 0.4) is 0 Å². The number of carbonyl (C=O) groups excluding carboxylic acids is 2. The fraction of sp³-hybridized carbons (Fsp3) is 0.167. The number of fused-ring (bicyclic) bond motifs is 1. The second kappa shape index (κ2) is 9.93. The molecule has 2 aromatic heterocycles. The standard InChI is InChI=1S/C24H22N4O2S2/c1-3-20(22(30)28-18-11-9-17(10-12-18)27-15(2)29)31-23-19-13-21(16-7-5-4-6-8-16)32-24(19)26-14-25-23/h4-14,20H,3H2,1-2H3,(H,27,29)(H,28,30). The van der Waals surface area contributed by atoms with Gasteiger partial charge in [0, 0.05) is 28.6 Å². The lowest BCUT2D eigenvalue weighted by Crippen LogP contribution is -2.24. The van der Waals surface area contributed by atoms with Crippen LogP contribution in [-0.2, 0) is 9.59 Å². The van der Waals surface area contributed by atoms with Crippen LogP contribution in [0.5, 0.6) is 0 Å². The van der Waals surface area contributed by atoms with Gasteiger partial charge >= 0.3 is 0 Å². The molecule has 6 nitrogen and oxygen atoms in total. The van der Waals surface area contributed by atoms with Crippen molar-refractivity contribution in [1.29, 1.82) is 0 Å². The van der Waals surface area contributed by atoms with Crippen molar-refractivity contribution < 1.29 is 9.59 Å². The zero-order valence-electron chi connectivity index (χ0n) is 17.7. The van der Waals surface area contributed by atoms with Crippen LogP contribution in [0, 0.1) is 0 Å². The molecule has 0 spiro atoms. The van der Waals surface area contributed by atoms with Crippen molar-refractivity contribution in [2.24, 2.45) is 0 Å². The Morgan fingerprint density at radius 1 is 1.00 bits per heavy atom. The van der Waals surface area contributed by atoms with Gasteiger partial charge in [-0.3, -0.25) is 9.59 Å². The maximum absolute atomic E-state index is 12.9. The first-order valence-electron chi connectivity index (χ1n) is 10.2. The lowest BCUT2D eigenvalue weighted by molar-refractivity contribution is -0.116. The van der Waals surface area contributed by atoms with Crippen LogP contribution < -0.4 is 10.6 Å². The third-order valence-electron chi connectivity index (χ3n) is 4.74. The molecule has 1 atom stereocenters. The molecule has 162 valence electrons. The van der Waals surface area contributed by atoms with E-state index in [0.717, 1.165) is 25.7 Å². The first kappa shape index (κ1) is 22.0. The van der Waals surface area contributed by atoms with Gasteiger partial charge in [0.25, 0.3) is 0 Å². The Morgan fingerprint density at radius 3 is 2.34 bits per heavy atom. The van der Waals surface area contributed by atoms with E-state index in [1.165, 1.54) is 18.7 Å². The van der Waals surface area contributed by atoms with E-state index in [2.05, 4.69) is 38.8 Å². The van der Waals surface area contributed by atoms with Crippen LogP contribution in [0.1, 0.15) is 20.3 Å². The number of thioether (sulfide) groups is 1. The highest BCUT2D eigenvalue weighted by Gasteiger charge is 2.21. The molecule has 0 bridgehead atoms. The molecule has 2 N–H and O–H groups in total. The van der Waals surface area contributed by atoms with Gasteiger partial charge in [0.1, 0.15) is 16.2 Å². The van der Waals surface area contributed by atoms with Gasteiger partial charge in [-0.25, -0.2) is 9.97 Å². The van der Waals surface area contributed by atoms with Crippen LogP contribution in [0.15, 0.2) is 72.0 Å². The summed E-state index contributed by atoms with van der Waals surface area (Å²) in [6.07, 6.45) is 2.21. The van der Waals surface area contributed by atoms with Gasteiger partial charge in [-0.05, 0) is 42.3 Å². The Labute approximate surface area is 194 Å². The normalized spacial score (nSPS) is 11.8. The molecule has 1 unspecified atom stereocenters. The number of anilines is 2. The van der Waals surface area contributed by atoms with Gasteiger partial charge < -0.3 is 10.6 Å². The van der Waals surface area contributed by atoms with E-state index in [-0.39, 0.29) is 17.1 Å². The molecule has 0 radical (unpaired) electrons. The molecule has 0 aliphatic carbocycles. The minimum absolute atomic E-state index is 0.0879. The molecule has 32 heavy (non-hydrogen) atoms. The smallest absolute Gasteiger partial charge is 0.237 e. The van der Waals surface area contributed by atoms with Gasteiger partial charge in [-0.15, -0.1) is 11.3 Å². The minimum Gasteiger partial charge on any atom is -0.326 e. The summed E-state index contributed by atoms with van der Waals surface area (Å²) in [7, 11) is 0. The van der Waals surface area contributed by atoms with Crippen LogP contribution >= 0.6 is 23.1 Å². The van der Waals surface area contributed by atoms with E-state index < -0.39 is 0 Å². The van der Waals surface area contributed by atoms with Gasteiger partial charge in [-0.1, -0.05) is 49.0 Å². The summed E-state index contributed by atoms with van der Waals surface area (Å²) >= 11 is 3.07. The average molecular weight is 463 g/mol. The van der Waals surface area contributed by atoms with Crippen molar-refractivity contribution in [2.75, 3.05) is 10.6 Å². The summed E-state index contributed by atoms with van der Waals surface area (Å²) in [5.41, 5.74) is 2.50. The molecule has 2 heterocycles. The number of benzene rings is 2. The molecule has 4 aromatic rings. The fourth-order valence-electron chi connectivity index (χ4n) is 3.19. The first-order valence-corrected chi connectivity index (χ1v) is 11.9. The van der Waals surface area contributed by atoms with E-state index in [9.17, 15) is 9.59 Å². The molecule has 2 amide bonds. The molecular weight excluding hydrogens is 440 g/mol. The molecular formula is C24H22N4O2S2. The molecule has 4 rings (SSSR count). The monoisotopic (exact) mass is 462 g/mol. The maximum atomic E-state index is 12.9. The van der Waals surface area contributed by atoms with Crippen molar-refractivity contribution in [3.8, 4) is 10.4 Å². The van der Waals surface area contributed by atoms with Crippen LogP contribution in [0.4, 0.5) is 11.4 Å². The summed E-state index contributed by atoms with van der Waals surface area (Å²) < 4.78 is 0. The molecule has 0 saturated heterocycles. The average Bonchev–Trinajstić information content (AvgIpc) is 3.24. The Bertz CT molecular complexity index is 1240. The third kappa shape index (κ3) is 5.15.